The van der Waals surface area contributed by atoms with E-state index in [1.807, 2.05) is 0 Å². The number of halogens is 3. The molecule has 2 aromatic rings. The van der Waals surface area contributed by atoms with Crippen molar-refractivity contribution in [1.82, 2.24) is 14.7 Å². The van der Waals surface area contributed by atoms with Crippen molar-refractivity contribution in [2.24, 2.45) is 17.6 Å². The number of hydrogen-bond donors (Lipinski definition) is 3. The third kappa shape index (κ3) is 4.46. The summed E-state index contributed by atoms with van der Waals surface area (Å²) in [7, 11) is 0. The van der Waals surface area contributed by atoms with Gasteiger partial charge < -0.3 is 21.1 Å². The molecule has 1 aromatic carbocycles. The largest absolute Gasteiger partial charge is 0.465 e. The second kappa shape index (κ2) is 9.59. The number of nitrogens with one attached hydrogen (secondary N) is 1. The standard InChI is InChI=1S/C20H21F3N6O3/c21-7-12(8-22)16-17(11(9-24)5-6-28(16)20(31)32)29-10-15(18(25)30)19(27-29)26-14-3-1-13(23)2-4-14/h1-4,10-12,16-17H,5-8H2,(H2,25,30)(H,26,27)(H,31,32). The lowest BCUT2D eigenvalue weighted by molar-refractivity contribution is 0.0192. The highest BCUT2D eigenvalue weighted by Crippen LogP contribution is 2.38. The van der Waals surface area contributed by atoms with Crippen LogP contribution in [-0.4, -0.2) is 57.7 Å². The average Bonchev–Trinajstić information content (AvgIpc) is 3.19. The van der Waals surface area contributed by atoms with Gasteiger partial charge in [0.15, 0.2) is 5.82 Å². The summed E-state index contributed by atoms with van der Waals surface area (Å²) in [6, 6.07) is 4.92. The third-order valence-electron chi connectivity index (χ3n) is 5.50. The summed E-state index contributed by atoms with van der Waals surface area (Å²) in [5.74, 6) is -3.53. The molecule has 3 unspecified atom stereocenters. The molecular formula is C20H21F3N6O3. The normalized spacial score (nSPS) is 20.7. The van der Waals surface area contributed by atoms with Gasteiger partial charge in [-0.25, -0.2) is 9.18 Å². The predicted molar refractivity (Wildman–Crippen MR) is 107 cm³/mol. The lowest BCUT2D eigenvalue weighted by atomic mass is 9.81. The number of nitrogens with two attached hydrogens (primary N) is 1. The number of nitriles is 1. The zero-order chi connectivity index (χ0) is 23.4. The van der Waals surface area contributed by atoms with Gasteiger partial charge in [-0.1, -0.05) is 0 Å². The molecule has 2 amide bonds. The highest BCUT2D eigenvalue weighted by Gasteiger charge is 2.46. The number of piperidine rings is 1. The van der Waals surface area contributed by atoms with Crippen molar-refractivity contribution < 1.29 is 27.9 Å². The SMILES string of the molecule is N#CC1CCN(C(=O)O)C(C(CF)CF)C1n1cc(C(N)=O)c(Nc2ccc(F)cc2)n1. The monoisotopic (exact) mass is 450 g/mol. The van der Waals surface area contributed by atoms with Crippen molar-refractivity contribution in [1.29, 1.82) is 5.26 Å². The molecule has 0 radical (unpaired) electrons. The maximum atomic E-state index is 13.6. The maximum absolute atomic E-state index is 13.6. The van der Waals surface area contributed by atoms with Crippen molar-refractivity contribution in [3.05, 3.63) is 41.8 Å². The Labute approximate surface area is 181 Å². The first-order chi connectivity index (χ1) is 15.3. The Balaban J connectivity index is 2.08. The van der Waals surface area contributed by atoms with Gasteiger partial charge in [-0.3, -0.25) is 18.3 Å². The lowest BCUT2D eigenvalue weighted by Gasteiger charge is -2.44. The lowest BCUT2D eigenvalue weighted by Crippen LogP contribution is -2.56. The number of aromatic nitrogens is 2. The molecule has 0 spiro atoms. The van der Waals surface area contributed by atoms with E-state index in [0.717, 1.165) is 9.58 Å². The van der Waals surface area contributed by atoms with Gasteiger partial charge in [0, 0.05) is 24.3 Å². The predicted octanol–water partition coefficient (Wildman–Crippen LogP) is 2.85. The first kappa shape index (κ1) is 22.9. The minimum Gasteiger partial charge on any atom is -0.465 e. The molecular weight excluding hydrogens is 429 g/mol. The molecule has 4 N–H and O–H groups in total. The van der Waals surface area contributed by atoms with Gasteiger partial charge in [0.1, 0.15) is 11.4 Å². The molecule has 1 saturated heterocycles. The van der Waals surface area contributed by atoms with Crippen LogP contribution in [0.2, 0.25) is 0 Å². The Bertz CT molecular complexity index is 1020. The number of hydrogen-bond acceptors (Lipinski definition) is 5. The van der Waals surface area contributed by atoms with Gasteiger partial charge in [0.2, 0.25) is 0 Å². The maximum Gasteiger partial charge on any atom is 0.407 e. The highest BCUT2D eigenvalue weighted by atomic mass is 19.1. The Morgan fingerprint density at radius 3 is 2.50 bits per heavy atom. The molecule has 170 valence electrons. The second-order valence-corrected chi connectivity index (χ2v) is 7.42. The molecule has 3 atom stereocenters. The number of carboxylic acid groups (broad SMARTS) is 1. The van der Waals surface area contributed by atoms with Crippen LogP contribution in [0.4, 0.5) is 29.5 Å². The molecule has 9 nitrogen and oxygen atoms in total. The zero-order valence-corrected chi connectivity index (χ0v) is 16.8. The van der Waals surface area contributed by atoms with Crippen LogP contribution >= 0.6 is 0 Å². The second-order valence-electron chi connectivity index (χ2n) is 7.42. The number of anilines is 2. The van der Waals surface area contributed by atoms with Crippen LogP contribution in [0.3, 0.4) is 0 Å². The number of alkyl halides is 2. The van der Waals surface area contributed by atoms with Gasteiger partial charge in [-0.2, -0.15) is 10.4 Å². The van der Waals surface area contributed by atoms with E-state index in [-0.39, 0.29) is 24.3 Å². The number of primary amides is 1. The van der Waals surface area contributed by atoms with Gasteiger partial charge in [0.25, 0.3) is 5.91 Å². The van der Waals surface area contributed by atoms with Crippen molar-refractivity contribution in [2.75, 3.05) is 25.2 Å². The summed E-state index contributed by atoms with van der Waals surface area (Å²) >= 11 is 0. The average molecular weight is 450 g/mol. The summed E-state index contributed by atoms with van der Waals surface area (Å²) in [6.45, 7) is -2.37. The fourth-order valence-electron chi connectivity index (χ4n) is 3.97. The van der Waals surface area contributed by atoms with Crippen molar-refractivity contribution in [3.63, 3.8) is 0 Å². The van der Waals surface area contributed by atoms with E-state index >= 15 is 0 Å². The van der Waals surface area contributed by atoms with Gasteiger partial charge >= 0.3 is 6.09 Å². The number of benzene rings is 1. The van der Waals surface area contributed by atoms with Crippen LogP contribution in [0, 0.1) is 29.0 Å². The van der Waals surface area contributed by atoms with Gasteiger partial charge in [-0.05, 0) is 30.7 Å². The number of carbonyl (C=O) groups is 2. The topological polar surface area (TPSA) is 137 Å². The Morgan fingerprint density at radius 1 is 1.31 bits per heavy atom. The number of carbonyl (C=O) groups excluding carboxylic acids is 1. The van der Waals surface area contributed by atoms with Crippen LogP contribution in [0.15, 0.2) is 30.5 Å². The number of amides is 2. The first-order valence-electron chi connectivity index (χ1n) is 9.73. The fourth-order valence-corrected chi connectivity index (χ4v) is 3.97. The Hall–Kier alpha value is -3.75. The van der Waals surface area contributed by atoms with E-state index in [0.29, 0.717) is 5.69 Å². The highest BCUT2D eigenvalue weighted by molar-refractivity contribution is 5.98. The Kier molecular flexibility index (Phi) is 6.87. The summed E-state index contributed by atoms with van der Waals surface area (Å²) in [5, 5.41) is 26.3. The molecule has 1 aliphatic rings. The smallest absolute Gasteiger partial charge is 0.407 e. The van der Waals surface area contributed by atoms with Crippen LogP contribution < -0.4 is 11.1 Å². The minimum atomic E-state index is -1.38. The first-order valence-corrected chi connectivity index (χ1v) is 9.73. The molecule has 2 heterocycles. The van der Waals surface area contributed by atoms with Crippen LogP contribution in [0.25, 0.3) is 0 Å². The summed E-state index contributed by atoms with van der Waals surface area (Å²) < 4.78 is 41.6. The molecule has 1 aromatic heterocycles. The minimum absolute atomic E-state index is 0.0240. The summed E-state index contributed by atoms with van der Waals surface area (Å²) in [5.41, 5.74) is 5.74. The molecule has 1 aliphatic heterocycles. The third-order valence-corrected chi connectivity index (χ3v) is 5.50. The van der Waals surface area contributed by atoms with Crippen molar-refractivity contribution >= 4 is 23.5 Å². The van der Waals surface area contributed by atoms with E-state index < -0.39 is 55.1 Å². The quantitative estimate of drug-likeness (QED) is 0.593. The Morgan fingerprint density at radius 2 is 1.97 bits per heavy atom. The van der Waals surface area contributed by atoms with E-state index in [1.54, 1.807) is 0 Å². The number of nitrogens with zero attached hydrogens (tertiary/aromatic N) is 4. The van der Waals surface area contributed by atoms with E-state index in [9.17, 15) is 33.1 Å². The summed E-state index contributed by atoms with van der Waals surface area (Å²) in [6.07, 6.45) is -0.0492. The van der Waals surface area contributed by atoms with Crippen molar-refractivity contribution in [2.45, 2.75) is 18.5 Å². The molecule has 1 fully saturated rings. The van der Waals surface area contributed by atoms with E-state index in [4.69, 9.17) is 5.73 Å². The van der Waals surface area contributed by atoms with Crippen LogP contribution in [0.5, 0.6) is 0 Å². The molecule has 0 aliphatic carbocycles. The van der Waals surface area contributed by atoms with E-state index in [1.165, 1.54) is 30.5 Å². The van der Waals surface area contributed by atoms with Gasteiger partial charge in [0.05, 0.1) is 37.4 Å². The summed E-state index contributed by atoms with van der Waals surface area (Å²) in [4.78, 5) is 24.7. The molecule has 12 heteroatoms. The number of likely N-dealkylation sites (tertiary alicyclic amines) is 1. The molecule has 0 bridgehead atoms. The molecule has 0 saturated carbocycles. The van der Waals surface area contributed by atoms with Crippen LogP contribution in [-0.2, 0) is 0 Å². The van der Waals surface area contributed by atoms with E-state index in [2.05, 4.69) is 16.5 Å². The number of rotatable bonds is 7. The van der Waals surface area contributed by atoms with Gasteiger partial charge in [-0.15, -0.1) is 0 Å². The molecule has 3 rings (SSSR count). The molecule has 32 heavy (non-hydrogen) atoms. The zero-order valence-electron chi connectivity index (χ0n) is 16.8. The van der Waals surface area contributed by atoms with Crippen molar-refractivity contribution in [3.8, 4) is 6.07 Å². The fraction of sp³-hybridized carbons (Fsp3) is 0.400. The van der Waals surface area contributed by atoms with Crippen LogP contribution in [0.1, 0.15) is 22.8 Å².